The predicted octanol–water partition coefficient (Wildman–Crippen LogP) is 3.19. The Labute approximate surface area is 202 Å². The number of likely N-dealkylation sites (N-methyl/N-ethyl adjacent to an activating group) is 1. The Morgan fingerprint density at radius 1 is 1.26 bits per heavy atom. The summed E-state index contributed by atoms with van der Waals surface area (Å²) in [6, 6.07) is 14.0. The van der Waals surface area contributed by atoms with Gasteiger partial charge in [0.15, 0.2) is 0 Å². The zero-order chi connectivity index (χ0) is 24.9. The zero-order valence-corrected chi connectivity index (χ0v) is 21.0. The number of aliphatic hydroxyl groups excluding tert-OH is 1. The van der Waals surface area contributed by atoms with Crippen LogP contribution in [-0.4, -0.2) is 67.5 Å². The van der Waals surface area contributed by atoms with Crippen LogP contribution in [0, 0.1) is 5.92 Å². The molecule has 34 heavy (non-hydrogen) atoms. The Kier molecular flexibility index (Phi) is 8.52. The molecule has 8 heteroatoms. The van der Waals surface area contributed by atoms with Crippen molar-refractivity contribution in [1.29, 1.82) is 0 Å². The number of carbonyl (C=O) groups excluding carboxylic acids is 1. The van der Waals surface area contributed by atoms with E-state index in [1.165, 1.54) is 4.31 Å². The van der Waals surface area contributed by atoms with E-state index in [1.54, 1.807) is 37.1 Å². The number of ether oxygens (including phenoxy) is 1. The van der Waals surface area contributed by atoms with Crippen LogP contribution in [0.25, 0.3) is 6.08 Å². The van der Waals surface area contributed by atoms with Gasteiger partial charge in [-0.15, -0.1) is 0 Å². The van der Waals surface area contributed by atoms with Crippen molar-refractivity contribution in [2.45, 2.75) is 44.2 Å². The summed E-state index contributed by atoms with van der Waals surface area (Å²) in [6.45, 7) is 5.67. The number of aliphatic hydroxyl groups is 1. The molecule has 0 unspecified atom stereocenters. The number of amides is 1. The summed E-state index contributed by atoms with van der Waals surface area (Å²) in [5, 5.41) is 9.75. The van der Waals surface area contributed by atoms with Crippen molar-refractivity contribution >= 4 is 22.0 Å². The highest BCUT2D eigenvalue weighted by molar-refractivity contribution is 7.89. The Balaban J connectivity index is 1.94. The highest BCUT2D eigenvalue weighted by Gasteiger charge is 2.38. The van der Waals surface area contributed by atoms with Crippen molar-refractivity contribution in [3.05, 3.63) is 65.7 Å². The molecule has 1 heterocycles. The van der Waals surface area contributed by atoms with E-state index < -0.39 is 22.2 Å². The van der Waals surface area contributed by atoms with E-state index in [-0.39, 0.29) is 42.0 Å². The van der Waals surface area contributed by atoms with Crippen LogP contribution in [0.3, 0.4) is 0 Å². The summed E-state index contributed by atoms with van der Waals surface area (Å²) in [4.78, 5) is 14.6. The van der Waals surface area contributed by atoms with Crippen LogP contribution in [0.1, 0.15) is 31.9 Å². The van der Waals surface area contributed by atoms with Crippen molar-refractivity contribution in [2.24, 2.45) is 5.92 Å². The summed E-state index contributed by atoms with van der Waals surface area (Å²) in [5.41, 5.74) is 1.75. The topological polar surface area (TPSA) is 87.2 Å². The van der Waals surface area contributed by atoms with Crippen molar-refractivity contribution in [2.75, 3.05) is 26.7 Å². The van der Waals surface area contributed by atoms with Crippen LogP contribution >= 0.6 is 0 Å². The summed E-state index contributed by atoms with van der Waals surface area (Å²) in [7, 11) is -2.15. The Morgan fingerprint density at radius 3 is 2.62 bits per heavy atom. The lowest BCUT2D eigenvalue weighted by atomic mass is 10.0. The van der Waals surface area contributed by atoms with Crippen LogP contribution in [0.15, 0.2) is 59.5 Å². The van der Waals surface area contributed by atoms with E-state index >= 15 is 0 Å². The molecule has 2 aromatic rings. The number of benzene rings is 2. The average Bonchev–Trinajstić information content (AvgIpc) is 2.81. The molecule has 0 aromatic heterocycles. The first kappa shape index (κ1) is 25.9. The molecular formula is C26H34N2O5S. The van der Waals surface area contributed by atoms with Gasteiger partial charge in [-0.05, 0) is 37.1 Å². The van der Waals surface area contributed by atoms with Gasteiger partial charge in [-0.25, -0.2) is 8.42 Å². The molecule has 0 saturated carbocycles. The summed E-state index contributed by atoms with van der Waals surface area (Å²) in [5.74, 6) is -0.0133. The Bertz CT molecular complexity index is 1120. The van der Waals surface area contributed by atoms with Crippen LogP contribution in [0.2, 0.25) is 0 Å². The van der Waals surface area contributed by atoms with Gasteiger partial charge in [0.05, 0.1) is 19.6 Å². The maximum atomic E-state index is 13.5. The number of carbonyl (C=O) groups is 1. The van der Waals surface area contributed by atoms with E-state index in [0.717, 1.165) is 11.1 Å². The van der Waals surface area contributed by atoms with Crippen LogP contribution in [0.4, 0.5) is 0 Å². The SMILES string of the molecule is C/C=C/c1ccc2c(c1)O[C@H](CN(C)C(=O)Cc1ccccc1)[C@H](C)CN([C@@H](C)CO)S2(=O)=O. The highest BCUT2D eigenvalue weighted by atomic mass is 32.2. The van der Waals surface area contributed by atoms with Crippen LogP contribution < -0.4 is 4.74 Å². The molecule has 0 saturated heterocycles. The van der Waals surface area contributed by atoms with E-state index in [9.17, 15) is 18.3 Å². The average molecular weight is 487 g/mol. The third-order valence-electron chi connectivity index (χ3n) is 6.13. The van der Waals surface area contributed by atoms with Gasteiger partial charge in [0.2, 0.25) is 15.9 Å². The molecular weight excluding hydrogens is 452 g/mol. The zero-order valence-electron chi connectivity index (χ0n) is 20.2. The molecule has 0 spiro atoms. The molecule has 3 atom stereocenters. The lowest BCUT2D eigenvalue weighted by molar-refractivity contribution is -0.130. The predicted molar refractivity (Wildman–Crippen MR) is 133 cm³/mol. The second-order valence-electron chi connectivity index (χ2n) is 8.88. The quantitative estimate of drug-likeness (QED) is 0.650. The van der Waals surface area contributed by atoms with Crippen molar-refractivity contribution in [3.63, 3.8) is 0 Å². The molecule has 184 valence electrons. The molecule has 1 amide bonds. The van der Waals surface area contributed by atoms with Gasteiger partial charge in [-0.3, -0.25) is 4.79 Å². The maximum absolute atomic E-state index is 13.5. The minimum Gasteiger partial charge on any atom is -0.487 e. The van der Waals surface area contributed by atoms with E-state index in [0.29, 0.717) is 6.54 Å². The first-order chi connectivity index (χ1) is 16.2. The fourth-order valence-electron chi connectivity index (χ4n) is 4.03. The van der Waals surface area contributed by atoms with Crippen molar-refractivity contribution in [1.82, 2.24) is 9.21 Å². The fourth-order valence-corrected chi connectivity index (χ4v) is 5.86. The van der Waals surface area contributed by atoms with E-state index in [4.69, 9.17) is 4.74 Å². The highest BCUT2D eigenvalue weighted by Crippen LogP contribution is 2.34. The molecule has 7 nitrogen and oxygen atoms in total. The molecule has 2 aromatic carbocycles. The summed E-state index contributed by atoms with van der Waals surface area (Å²) >= 11 is 0. The van der Waals surface area contributed by atoms with E-state index in [2.05, 4.69) is 0 Å². The number of nitrogens with zero attached hydrogens (tertiary/aromatic N) is 2. The van der Waals surface area contributed by atoms with E-state index in [1.807, 2.05) is 56.3 Å². The van der Waals surface area contributed by atoms with Crippen molar-refractivity contribution in [3.8, 4) is 5.75 Å². The minimum atomic E-state index is -3.88. The van der Waals surface area contributed by atoms with Gasteiger partial charge in [0.25, 0.3) is 0 Å². The van der Waals surface area contributed by atoms with Gasteiger partial charge in [-0.2, -0.15) is 4.31 Å². The number of hydrogen-bond acceptors (Lipinski definition) is 5. The lowest BCUT2D eigenvalue weighted by Gasteiger charge is -2.37. The maximum Gasteiger partial charge on any atom is 0.247 e. The van der Waals surface area contributed by atoms with Crippen LogP contribution in [-0.2, 0) is 21.2 Å². The first-order valence-electron chi connectivity index (χ1n) is 11.5. The Morgan fingerprint density at radius 2 is 1.97 bits per heavy atom. The standard InChI is InChI=1S/C26H34N2O5S/c1-5-9-21-12-13-25-23(14-21)33-24(19(2)16-28(20(3)18-29)34(25,31)32)17-27(4)26(30)15-22-10-7-6-8-11-22/h5-14,19-20,24,29H,15-18H2,1-4H3/b9-5+/t19-,20+,24-/m1/s1. The third-order valence-corrected chi connectivity index (χ3v) is 8.15. The van der Waals surface area contributed by atoms with Gasteiger partial charge in [0, 0.05) is 25.6 Å². The summed E-state index contributed by atoms with van der Waals surface area (Å²) < 4.78 is 34.6. The van der Waals surface area contributed by atoms with Crippen LogP contribution in [0.5, 0.6) is 5.75 Å². The lowest BCUT2D eigenvalue weighted by Crippen LogP contribution is -2.50. The molecule has 1 N–H and O–H groups in total. The second-order valence-corrected chi connectivity index (χ2v) is 10.7. The molecule has 0 aliphatic carbocycles. The molecule has 3 rings (SSSR count). The van der Waals surface area contributed by atoms with Gasteiger partial charge < -0.3 is 14.7 Å². The summed E-state index contributed by atoms with van der Waals surface area (Å²) in [6.07, 6.45) is 3.59. The number of hydrogen-bond donors (Lipinski definition) is 1. The largest absolute Gasteiger partial charge is 0.487 e. The third kappa shape index (κ3) is 5.87. The van der Waals surface area contributed by atoms with Gasteiger partial charge >= 0.3 is 0 Å². The number of fused-ring (bicyclic) bond motifs is 1. The smallest absolute Gasteiger partial charge is 0.247 e. The molecule has 0 bridgehead atoms. The first-order valence-corrected chi connectivity index (χ1v) is 12.9. The number of sulfonamides is 1. The molecule has 1 aliphatic heterocycles. The van der Waals surface area contributed by atoms with Crippen molar-refractivity contribution < 1.29 is 23.1 Å². The normalized spacial score (nSPS) is 21.2. The molecule has 1 aliphatic rings. The molecule has 0 fully saturated rings. The van der Waals surface area contributed by atoms with Gasteiger partial charge in [-0.1, -0.05) is 55.5 Å². The Hall–Kier alpha value is -2.68. The molecule has 0 radical (unpaired) electrons. The number of allylic oxidation sites excluding steroid dienone is 1. The second kappa shape index (κ2) is 11.2. The monoisotopic (exact) mass is 486 g/mol. The minimum absolute atomic E-state index is 0.0415. The number of rotatable bonds is 7. The fraction of sp³-hybridized carbons (Fsp3) is 0.423. The van der Waals surface area contributed by atoms with Gasteiger partial charge in [0.1, 0.15) is 16.7 Å².